The monoisotopic (exact) mass is 330 g/mol. The second kappa shape index (κ2) is 5.81. The van der Waals surface area contributed by atoms with Crippen molar-refractivity contribution < 1.29 is 0 Å². The topological polar surface area (TPSA) is 38.0 Å². The van der Waals surface area contributed by atoms with E-state index >= 15 is 0 Å². The van der Waals surface area contributed by atoms with Crippen LogP contribution in [0.25, 0.3) is 0 Å². The van der Waals surface area contributed by atoms with Crippen LogP contribution in [0.4, 0.5) is 5.69 Å². The first-order chi connectivity index (χ1) is 8.61. The van der Waals surface area contributed by atoms with E-state index in [1.165, 1.54) is 19.3 Å². The van der Waals surface area contributed by atoms with Crippen LogP contribution in [0, 0.1) is 5.92 Å². The molecule has 2 rings (SSSR count). The summed E-state index contributed by atoms with van der Waals surface area (Å²) in [7, 11) is 0. The molecule has 1 fully saturated rings. The highest BCUT2D eigenvalue weighted by molar-refractivity contribution is 9.10. The molecule has 0 saturated heterocycles. The molecule has 0 spiro atoms. The minimum Gasteiger partial charge on any atom is -0.378 e. The molecule has 0 aromatic heterocycles. The Morgan fingerprint density at radius 2 is 2.33 bits per heavy atom. The fraction of sp³-hybridized carbons (Fsp3) is 0.571. The highest BCUT2D eigenvalue weighted by Crippen LogP contribution is 2.40. The summed E-state index contributed by atoms with van der Waals surface area (Å²) in [6.45, 7) is 2.94. The average molecular weight is 332 g/mol. The van der Waals surface area contributed by atoms with Crippen LogP contribution in [0.3, 0.4) is 0 Å². The van der Waals surface area contributed by atoms with Gasteiger partial charge in [-0.2, -0.15) is 0 Å². The van der Waals surface area contributed by atoms with Gasteiger partial charge in [-0.1, -0.05) is 31.4 Å². The van der Waals surface area contributed by atoms with Gasteiger partial charge in [0.2, 0.25) is 0 Å². The Bertz CT molecular complexity index is 424. The van der Waals surface area contributed by atoms with E-state index in [9.17, 15) is 0 Å². The van der Waals surface area contributed by atoms with E-state index in [-0.39, 0.29) is 5.54 Å². The molecule has 1 aromatic rings. The summed E-state index contributed by atoms with van der Waals surface area (Å²) in [5.74, 6) is 0.664. The number of nitrogens with two attached hydrogens (primary N) is 1. The van der Waals surface area contributed by atoms with Crippen molar-refractivity contribution in [2.45, 2.75) is 38.1 Å². The molecule has 2 unspecified atom stereocenters. The Kier molecular flexibility index (Phi) is 4.57. The van der Waals surface area contributed by atoms with Crippen LogP contribution in [0.1, 0.15) is 32.6 Å². The summed E-state index contributed by atoms with van der Waals surface area (Å²) < 4.78 is 0.924. The zero-order chi connectivity index (χ0) is 13.2. The molecular weight excluding hydrogens is 312 g/mol. The zero-order valence-electron chi connectivity index (χ0n) is 10.7. The van der Waals surface area contributed by atoms with Crippen LogP contribution in [0.2, 0.25) is 5.02 Å². The molecule has 18 heavy (non-hydrogen) atoms. The Hall–Kier alpha value is -0.250. The molecule has 4 heteroatoms. The third-order valence-electron chi connectivity index (χ3n) is 4.13. The highest BCUT2D eigenvalue weighted by Gasteiger charge is 2.40. The van der Waals surface area contributed by atoms with E-state index in [4.69, 9.17) is 17.3 Å². The van der Waals surface area contributed by atoms with Crippen molar-refractivity contribution in [3.63, 3.8) is 0 Å². The van der Waals surface area contributed by atoms with E-state index in [1.54, 1.807) is 0 Å². The van der Waals surface area contributed by atoms with Gasteiger partial charge in [0.15, 0.2) is 0 Å². The van der Waals surface area contributed by atoms with Gasteiger partial charge in [-0.15, -0.1) is 0 Å². The van der Waals surface area contributed by atoms with Gasteiger partial charge in [0.1, 0.15) is 0 Å². The molecule has 100 valence electrons. The summed E-state index contributed by atoms with van der Waals surface area (Å²) in [4.78, 5) is 0. The molecule has 0 amide bonds. The summed E-state index contributed by atoms with van der Waals surface area (Å²) in [6, 6.07) is 5.97. The molecule has 2 nitrogen and oxygen atoms in total. The normalized spacial score (nSPS) is 27.4. The number of hydrogen-bond donors (Lipinski definition) is 2. The molecule has 0 radical (unpaired) electrons. The number of halogens is 2. The number of anilines is 1. The molecule has 1 saturated carbocycles. The van der Waals surface area contributed by atoms with Gasteiger partial charge >= 0.3 is 0 Å². The van der Waals surface area contributed by atoms with Gasteiger partial charge in [-0.3, -0.25) is 0 Å². The smallest absolute Gasteiger partial charge is 0.0549 e. The third kappa shape index (κ3) is 2.68. The molecule has 1 aromatic carbocycles. The average Bonchev–Trinajstić information content (AvgIpc) is 2.77. The molecule has 0 aliphatic heterocycles. The van der Waals surface area contributed by atoms with Gasteiger partial charge in [0.05, 0.1) is 10.6 Å². The van der Waals surface area contributed by atoms with Crippen molar-refractivity contribution in [2.75, 3.05) is 11.9 Å². The lowest BCUT2D eigenvalue weighted by Crippen LogP contribution is -2.48. The van der Waals surface area contributed by atoms with Gasteiger partial charge in [-0.05, 0) is 52.9 Å². The van der Waals surface area contributed by atoms with Crippen LogP contribution in [0.5, 0.6) is 0 Å². The second-order valence-electron chi connectivity index (χ2n) is 5.11. The van der Waals surface area contributed by atoms with Crippen molar-refractivity contribution >= 4 is 33.2 Å². The largest absolute Gasteiger partial charge is 0.378 e. The van der Waals surface area contributed by atoms with Crippen LogP contribution in [-0.2, 0) is 0 Å². The first kappa shape index (κ1) is 14.2. The van der Waals surface area contributed by atoms with E-state index < -0.39 is 0 Å². The number of benzene rings is 1. The van der Waals surface area contributed by atoms with Crippen molar-refractivity contribution in [3.8, 4) is 0 Å². The van der Waals surface area contributed by atoms with Crippen LogP contribution in [-0.4, -0.2) is 12.1 Å². The predicted octanol–water partition coefficient (Wildman–Crippen LogP) is 4.42. The minimum absolute atomic E-state index is 0.0576. The number of hydrogen-bond acceptors (Lipinski definition) is 2. The fourth-order valence-corrected chi connectivity index (χ4v) is 3.58. The SMILES string of the molecule is CCC1CCCC1(CN)Nc1ccc(Cl)c(Br)c1. The molecule has 3 N–H and O–H groups in total. The number of rotatable bonds is 4. The maximum atomic E-state index is 6.05. The Morgan fingerprint density at radius 3 is 2.94 bits per heavy atom. The molecule has 2 atom stereocenters. The van der Waals surface area contributed by atoms with Crippen LogP contribution in [0.15, 0.2) is 22.7 Å². The van der Waals surface area contributed by atoms with E-state index in [0.29, 0.717) is 12.5 Å². The first-order valence-electron chi connectivity index (χ1n) is 6.54. The van der Waals surface area contributed by atoms with Gasteiger partial charge in [-0.25, -0.2) is 0 Å². The zero-order valence-corrected chi connectivity index (χ0v) is 13.0. The van der Waals surface area contributed by atoms with Crippen molar-refractivity contribution in [1.29, 1.82) is 0 Å². The molecular formula is C14H20BrClN2. The quantitative estimate of drug-likeness (QED) is 0.857. The number of nitrogens with one attached hydrogen (secondary N) is 1. The van der Waals surface area contributed by atoms with Crippen LogP contribution >= 0.6 is 27.5 Å². The maximum absolute atomic E-state index is 6.05. The molecule has 1 aliphatic rings. The standard InChI is InChI=1S/C14H20BrClN2/c1-2-10-4-3-7-14(10,9-17)18-11-5-6-13(16)12(15)8-11/h5-6,8,10,18H,2-4,7,9,17H2,1H3. The lowest BCUT2D eigenvalue weighted by Gasteiger charge is -2.36. The van der Waals surface area contributed by atoms with Crippen molar-refractivity contribution in [1.82, 2.24) is 0 Å². The molecule has 0 bridgehead atoms. The molecule has 1 aliphatic carbocycles. The summed E-state index contributed by atoms with van der Waals surface area (Å²) >= 11 is 9.49. The van der Waals surface area contributed by atoms with E-state index in [1.807, 2.05) is 18.2 Å². The van der Waals surface area contributed by atoms with E-state index in [2.05, 4.69) is 28.2 Å². The van der Waals surface area contributed by atoms with Gasteiger partial charge in [0.25, 0.3) is 0 Å². The van der Waals surface area contributed by atoms with Gasteiger partial charge in [0, 0.05) is 16.7 Å². The summed E-state index contributed by atoms with van der Waals surface area (Å²) in [5, 5.41) is 4.40. The highest BCUT2D eigenvalue weighted by atomic mass is 79.9. The van der Waals surface area contributed by atoms with Crippen LogP contribution < -0.4 is 11.1 Å². The summed E-state index contributed by atoms with van der Waals surface area (Å²) in [5.41, 5.74) is 7.20. The van der Waals surface area contributed by atoms with E-state index in [0.717, 1.165) is 21.6 Å². The molecule has 0 heterocycles. The fourth-order valence-electron chi connectivity index (χ4n) is 3.08. The lowest BCUT2D eigenvalue weighted by atomic mass is 9.85. The Balaban J connectivity index is 2.22. The minimum atomic E-state index is 0.0576. The predicted molar refractivity (Wildman–Crippen MR) is 82.2 cm³/mol. The van der Waals surface area contributed by atoms with Crippen molar-refractivity contribution in [3.05, 3.63) is 27.7 Å². The Morgan fingerprint density at radius 1 is 1.56 bits per heavy atom. The third-order valence-corrected chi connectivity index (χ3v) is 5.34. The van der Waals surface area contributed by atoms with Gasteiger partial charge < -0.3 is 11.1 Å². The lowest BCUT2D eigenvalue weighted by molar-refractivity contribution is 0.346. The summed E-state index contributed by atoms with van der Waals surface area (Å²) in [6.07, 6.45) is 4.87. The Labute approximate surface area is 122 Å². The maximum Gasteiger partial charge on any atom is 0.0549 e. The second-order valence-corrected chi connectivity index (χ2v) is 6.37. The first-order valence-corrected chi connectivity index (χ1v) is 7.71. The van der Waals surface area contributed by atoms with Crippen molar-refractivity contribution in [2.24, 2.45) is 11.7 Å².